The van der Waals surface area contributed by atoms with Gasteiger partial charge in [0.1, 0.15) is 0 Å². The van der Waals surface area contributed by atoms with Gasteiger partial charge >= 0.3 is 0 Å². The van der Waals surface area contributed by atoms with E-state index in [1.807, 2.05) is 13.8 Å². The van der Waals surface area contributed by atoms with E-state index in [2.05, 4.69) is 0 Å². The summed E-state index contributed by atoms with van der Waals surface area (Å²) in [7, 11) is 3.05. The zero-order chi connectivity index (χ0) is 18.0. The third kappa shape index (κ3) is 2.73. The second-order valence-corrected chi connectivity index (χ2v) is 5.59. The molecule has 0 aliphatic heterocycles. The maximum atomic E-state index is 13.0. The van der Waals surface area contributed by atoms with Crippen LogP contribution in [0.15, 0.2) is 18.2 Å². The van der Waals surface area contributed by atoms with Crippen molar-refractivity contribution in [2.75, 3.05) is 20.0 Å². The van der Waals surface area contributed by atoms with Crippen LogP contribution in [-0.2, 0) is 0 Å². The average molecular weight is 327 g/mol. The summed E-state index contributed by atoms with van der Waals surface area (Å²) < 4.78 is 10.5. The van der Waals surface area contributed by atoms with Gasteiger partial charge in [-0.3, -0.25) is 9.59 Å². The highest BCUT2D eigenvalue weighted by molar-refractivity contribution is 6.13. The summed E-state index contributed by atoms with van der Waals surface area (Å²) in [6.45, 7) is 5.38. The minimum atomic E-state index is -0.183. The van der Waals surface area contributed by atoms with E-state index in [1.54, 1.807) is 25.1 Å². The standard InChI is InChI=1S/C19H21NO4/c1-10-11(2)18(20)14(9-21)12(3)17(10)19(22)13-6-7-15(23-4)16(8-13)24-5/h6-9H,20H2,1-5H3. The lowest BCUT2D eigenvalue weighted by atomic mass is 9.87. The summed E-state index contributed by atoms with van der Waals surface area (Å²) in [5.41, 5.74) is 9.85. The molecule has 2 rings (SSSR count). The van der Waals surface area contributed by atoms with Gasteiger partial charge in [-0.2, -0.15) is 0 Å². The van der Waals surface area contributed by atoms with Crippen molar-refractivity contribution < 1.29 is 19.1 Å². The van der Waals surface area contributed by atoms with Crippen LogP contribution < -0.4 is 15.2 Å². The molecule has 2 aromatic carbocycles. The smallest absolute Gasteiger partial charge is 0.193 e. The Labute approximate surface area is 141 Å². The average Bonchev–Trinajstić information content (AvgIpc) is 2.59. The van der Waals surface area contributed by atoms with E-state index in [0.717, 1.165) is 11.1 Å². The number of rotatable bonds is 5. The minimum Gasteiger partial charge on any atom is -0.493 e. The molecule has 0 fully saturated rings. The zero-order valence-corrected chi connectivity index (χ0v) is 14.5. The second kappa shape index (κ2) is 6.74. The number of hydrogen-bond donors (Lipinski definition) is 1. The maximum Gasteiger partial charge on any atom is 0.193 e. The van der Waals surface area contributed by atoms with Crippen LogP contribution in [-0.4, -0.2) is 26.3 Å². The van der Waals surface area contributed by atoms with Crippen molar-refractivity contribution >= 4 is 17.8 Å². The van der Waals surface area contributed by atoms with Crippen molar-refractivity contribution in [1.82, 2.24) is 0 Å². The normalized spacial score (nSPS) is 10.4. The number of methoxy groups -OCH3 is 2. The maximum absolute atomic E-state index is 13.0. The van der Waals surface area contributed by atoms with E-state index >= 15 is 0 Å². The lowest BCUT2D eigenvalue weighted by molar-refractivity contribution is 0.103. The Balaban J connectivity index is 2.67. The molecule has 2 aromatic rings. The van der Waals surface area contributed by atoms with Crippen LogP contribution in [0.4, 0.5) is 5.69 Å². The number of ether oxygens (including phenoxy) is 2. The molecule has 0 amide bonds. The Bertz CT molecular complexity index is 825. The molecule has 5 heteroatoms. The fraction of sp³-hybridized carbons (Fsp3) is 0.263. The summed E-state index contributed by atoms with van der Waals surface area (Å²) in [6, 6.07) is 4.99. The van der Waals surface area contributed by atoms with Crippen molar-refractivity contribution in [2.24, 2.45) is 0 Å². The highest BCUT2D eigenvalue weighted by atomic mass is 16.5. The van der Waals surface area contributed by atoms with E-state index in [-0.39, 0.29) is 5.78 Å². The highest BCUT2D eigenvalue weighted by Crippen LogP contribution is 2.32. The zero-order valence-electron chi connectivity index (χ0n) is 14.5. The Morgan fingerprint density at radius 3 is 2.17 bits per heavy atom. The monoisotopic (exact) mass is 327 g/mol. The van der Waals surface area contributed by atoms with Gasteiger partial charge in [0, 0.05) is 22.4 Å². The molecule has 0 aromatic heterocycles. The number of hydrogen-bond acceptors (Lipinski definition) is 5. The van der Waals surface area contributed by atoms with Crippen LogP contribution in [0, 0.1) is 20.8 Å². The Hall–Kier alpha value is -2.82. The quantitative estimate of drug-likeness (QED) is 0.518. The number of nitrogens with two attached hydrogens (primary N) is 1. The molecule has 24 heavy (non-hydrogen) atoms. The Kier molecular flexibility index (Phi) is 4.93. The molecule has 2 N–H and O–H groups in total. The third-order valence-corrected chi connectivity index (χ3v) is 4.40. The van der Waals surface area contributed by atoms with Gasteiger partial charge in [-0.1, -0.05) is 0 Å². The molecule has 0 radical (unpaired) electrons. The van der Waals surface area contributed by atoms with Crippen LogP contribution in [0.3, 0.4) is 0 Å². The fourth-order valence-corrected chi connectivity index (χ4v) is 2.82. The summed E-state index contributed by atoms with van der Waals surface area (Å²) >= 11 is 0. The van der Waals surface area contributed by atoms with Gasteiger partial charge in [0.15, 0.2) is 23.6 Å². The van der Waals surface area contributed by atoms with Gasteiger partial charge in [0.25, 0.3) is 0 Å². The molecule has 0 heterocycles. The van der Waals surface area contributed by atoms with Gasteiger partial charge in [-0.05, 0) is 55.7 Å². The summed E-state index contributed by atoms with van der Waals surface area (Å²) in [5.74, 6) is 0.836. The number of aldehydes is 1. The molecule has 0 saturated carbocycles. The van der Waals surface area contributed by atoms with E-state index in [9.17, 15) is 9.59 Å². The third-order valence-electron chi connectivity index (χ3n) is 4.40. The number of benzene rings is 2. The lowest BCUT2D eigenvalue weighted by Gasteiger charge is -2.17. The first-order valence-electron chi connectivity index (χ1n) is 7.48. The number of nitrogen functional groups attached to an aromatic ring is 1. The molecule has 0 aliphatic rings. The topological polar surface area (TPSA) is 78.6 Å². The second-order valence-electron chi connectivity index (χ2n) is 5.59. The van der Waals surface area contributed by atoms with Crippen molar-refractivity contribution in [1.29, 1.82) is 0 Å². The van der Waals surface area contributed by atoms with E-state index in [1.165, 1.54) is 14.2 Å². The minimum absolute atomic E-state index is 0.183. The van der Waals surface area contributed by atoms with Crippen molar-refractivity contribution in [3.63, 3.8) is 0 Å². The molecule has 0 saturated heterocycles. The molecule has 0 aliphatic carbocycles. The summed E-state index contributed by atoms with van der Waals surface area (Å²) in [4.78, 5) is 24.4. The van der Waals surface area contributed by atoms with Crippen molar-refractivity contribution in [2.45, 2.75) is 20.8 Å². The van der Waals surface area contributed by atoms with Crippen LogP contribution in [0.1, 0.15) is 43.0 Å². The predicted molar refractivity (Wildman–Crippen MR) is 93.4 cm³/mol. The van der Waals surface area contributed by atoms with Crippen LogP contribution in [0.2, 0.25) is 0 Å². The first-order chi connectivity index (χ1) is 11.4. The first-order valence-corrected chi connectivity index (χ1v) is 7.48. The van der Waals surface area contributed by atoms with Crippen molar-refractivity contribution in [3.8, 4) is 11.5 Å². The van der Waals surface area contributed by atoms with Gasteiger partial charge < -0.3 is 15.2 Å². The molecular weight excluding hydrogens is 306 g/mol. The molecule has 0 atom stereocenters. The van der Waals surface area contributed by atoms with Gasteiger partial charge in [0.05, 0.1) is 14.2 Å². The molecule has 0 bridgehead atoms. The van der Waals surface area contributed by atoms with Crippen LogP contribution in [0.25, 0.3) is 0 Å². The molecule has 126 valence electrons. The molecule has 5 nitrogen and oxygen atoms in total. The van der Waals surface area contributed by atoms with Crippen LogP contribution >= 0.6 is 0 Å². The van der Waals surface area contributed by atoms with E-state index in [4.69, 9.17) is 15.2 Å². The number of anilines is 1. The molecule has 0 unspecified atom stereocenters. The molecule has 0 spiro atoms. The van der Waals surface area contributed by atoms with Gasteiger partial charge in [-0.25, -0.2) is 0 Å². The SMILES string of the molecule is COc1ccc(C(=O)c2c(C)c(C)c(N)c(C=O)c2C)cc1OC. The Morgan fingerprint density at radius 2 is 1.62 bits per heavy atom. The van der Waals surface area contributed by atoms with Gasteiger partial charge in [0.2, 0.25) is 0 Å². The lowest BCUT2D eigenvalue weighted by Crippen LogP contribution is -2.12. The largest absolute Gasteiger partial charge is 0.493 e. The number of carbonyl (C=O) groups excluding carboxylic acids is 2. The predicted octanol–water partition coefficient (Wildman–Crippen LogP) is 3.25. The van der Waals surface area contributed by atoms with Crippen molar-refractivity contribution in [3.05, 3.63) is 51.6 Å². The van der Waals surface area contributed by atoms with E-state index < -0.39 is 0 Å². The summed E-state index contributed by atoms with van der Waals surface area (Å²) in [5, 5.41) is 0. The first kappa shape index (κ1) is 17.5. The fourth-order valence-electron chi connectivity index (χ4n) is 2.82. The highest BCUT2D eigenvalue weighted by Gasteiger charge is 2.22. The summed E-state index contributed by atoms with van der Waals surface area (Å²) in [6.07, 6.45) is 0.697. The number of carbonyl (C=O) groups is 2. The molecular formula is C19H21NO4. The van der Waals surface area contributed by atoms with Crippen LogP contribution in [0.5, 0.6) is 11.5 Å². The van der Waals surface area contributed by atoms with E-state index in [0.29, 0.717) is 45.7 Å². The van der Waals surface area contributed by atoms with Gasteiger partial charge in [-0.15, -0.1) is 0 Å². The Morgan fingerprint density at radius 1 is 1.00 bits per heavy atom. The number of ketones is 1.